The van der Waals surface area contributed by atoms with E-state index in [1.54, 1.807) is 11.8 Å². The van der Waals surface area contributed by atoms with Crippen LogP contribution in [0.1, 0.15) is 24.2 Å². The topological polar surface area (TPSA) is 101 Å². The average molecular weight is 443 g/mol. The molecular formula is C17H22N4O4S3. The Kier molecular flexibility index (Phi) is 7.05. The monoisotopic (exact) mass is 442 g/mol. The molecule has 2 heterocycles. The van der Waals surface area contributed by atoms with Crippen LogP contribution in [0.2, 0.25) is 0 Å². The molecule has 0 saturated carbocycles. The molecule has 0 spiro atoms. The van der Waals surface area contributed by atoms with Crippen LogP contribution in [0.15, 0.2) is 33.5 Å². The number of anilines is 1. The highest BCUT2D eigenvalue weighted by Gasteiger charge is 2.26. The summed E-state index contributed by atoms with van der Waals surface area (Å²) in [5.74, 6) is 1.12. The predicted octanol–water partition coefficient (Wildman–Crippen LogP) is 2.56. The van der Waals surface area contributed by atoms with Gasteiger partial charge in [-0.25, -0.2) is 8.42 Å². The third-order valence-electron chi connectivity index (χ3n) is 3.89. The molecule has 3 rings (SSSR count). The Labute approximate surface area is 172 Å². The molecule has 1 aliphatic rings. The molecule has 1 fully saturated rings. The number of aromatic nitrogens is 2. The van der Waals surface area contributed by atoms with Crippen molar-refractivity contribution in [3.05, 3.63) is 29.8 Å². The molecule has 2 aromatic rings. The van der Waals surface area contributed by atoms with Crippen molar-refractivity contribution in [2.75, 3.05) is 37.4 Å². The molecule has 11 heteroatoms. The Hall–Kier alpha value is -1.53. The fourth-order valence-corrected chi connectivity index (χ4v) is 5.57. The van der Waals surface area contributed by atoms with Gasteiger partial charge in [0.1, 0.15) is 0 Å². The quantitative estimate of drug-likeness (QED) is 0.519. The summed E-state index contributed by atoms with van der Waals surface area (Å²) in [6.45, 7) is 5.69. The van der Waals surface area contributed by atoms with Gasteiger partial charge in [0.25, 0.3) is 5.91 Å². The highest BCUT2D eigenvalue weighted by Crippen LogP contribution is 2.27. The number of carbonyl (C=O) groups is 1. The number of sulfonamides is 1. The molecule has 1 aliphatic heterocycles. The summed E-state index contributed by atoms with van der Waals surface area (Å²) in [5, 5.41) is 11.2. The minimum atomic E-state index is -3.57. The second-order valence-corrected chi connectivity index (χ2v) is 10.8. The van der Waals surface area contributed by atoms with E-state index in [0.717, 1.165) is 10.1 Å². The Morgan fingerprint density at radius 1 is 1.25 bits per heavy atom. The van der Waals surface area contributed by atoms with E-state index >= 15 is 0 Å². The van der Waals surface area contributed by atoms with Gasteiger partial charge in [0.2, 0.25) is 15.2 Å². The molecule has 28 heavy (non-hydrogen) atoms. The molecule has 1 aromatic heterocycles. The lowest BCUT2D eigenvalue weighted by atomic mass is 10.2. The van der Waals surface area contributed by atoms with E-state index in [-0.39, 0.29) is 10.8 Å². The zero-order chi connectivity index (χ0) is 20.1. The Morgan fingerprint density at radius 2 is 1.93 bits per heavy atom. The molecule has 0 radical (unpaired) electrons. The highest BCUT2D eigenvalue weighted by molar-refractivity contribution is 8.01. The molecule has 8 nitrogen and oxygen atoms in total. The number of carbonyl (C=O) groups excluding carboxylic acids is 1. The number of ether oxygens (including phenoxy) is 1. The van der Waals surface area contributed by atoms with Crippen LogP contribution in [0.3, 0.4) is 0 Å². The molecule has 152 valence electrons. The van der Waals surface area contributed by atoms with Gasteiger partial charge in [0, 0.05) is 24.4 Å². The summed E-state index contributed by atoms with van der Waals surface area (Å²) in [6, 6.07) is 5.89. The number of hydrogen-bond donors (Lipinski definition) is 1. The SMILES string of the molecule is CC(C)CSc1nnc(NC(=O)c2ccc(S(=O)(=O)N3CCOCC3)cc2)s1. The second kappa shape index (κ2) is 9.31. The van der Waals surface area contributed by atoms with Crippen molar-refractivity contribution >= 4 is 44.2 Å². The Balaban J connectivity index is 1.63. The summed E-state index contributed by atoms with van der Waals surface area (Å²) < 4.78 is 32.6. The maximum absolute atomic E-state index is 12.6. The summed E-state index contributed by atoms with van der Waals surface area (Å²) in [5.41, 5.74) is 0.354. The normalized spacial score (nSPS) is 15.7. The molecule has 1 N–H and O–H groups in total. The lowest BCUT2D eigenvalue weighted by Crippen LogP contribution is -2.40. The maximum atomic E-state index is 12.6. The van der Waals surface area contributed by atoms with Crippen LogP contribution >= 0.6 is 23.1 Å². The minimum Gasteiger partial charge on any atom is -0.379 e. The molecule has 0 atom stereocenters. The zero-order valence-corrected chi connectivity index (χ0v) is 18.1. The van der Waals surface area contributed by atoms with Crippen LogP contribution in [-0.2, 0) is 14.8 Å². The third kappa shape index (κ3) is 5.29. The Morgan fingerprint density at radius 3 is 2.57 bits per heavy atom. The number of nitrogens with zero attached hydrogens (tertiary/aromatic N) is 3. The van der Waals surface area contributed by atoms with E-state index < -0.39 is 10.0 Å². The second-order valence-electron chi connectivity index (χ2n) is 6.57. The number of hydrogen-bond acceptors (Lipinski definition) is 8. The van der Waals surface area contributed by atoms with Gasteiger partial charge in [-0.1, -0.05) is 36.9 Å². The molecule has 1 saturated heterocycles. The van der Waals surface area contributed by atoms with Gasteiger partial charge in [-0.2, -0.15) is 4.31 Å². The van der Waals surface area contributed by atoms with E-state index in [2.05, 4.69) is 29.4 Å². The number of morpholine rings is 1. The number of nitrogens with one attached hydrogen (secondary N) is 1. The molecule has 0 unspecified atom stereocenters. The van der Waals surface area contributed by atoms with Gasteiger partial charge in [0.05, 0.1) is 18.1 Å². The van der Waals surface area contributed by atoms with Crippen LogP contribution in [0.5, 0.6) is 0 Å². The van der Waals surface area contributed by atoms with Crippen LogP contribution in [-0.4, -0.2) is 60.9 Å². The first kappa shape index (κ1) is 21.2. The van der Waals surface area contributed by atoms with E-state index in [0.29, 0.717) is 42.9 Å². The molecule has 0 aliphatic carbocycles. The zero-order valence-electron chi connectivity index (χ0n) is 15.6. The molecule has 1 amide bonds. The average Bonchev–Trinajstić information content (AvgIpc) is 3.14. The van der Waals surface area contributed by atoms with Crippen LogP contribution in [0, 0.1) is 5.92 Å². The van der Waals surface area contributed by atoms with Crippen molar-refractivity contribution in [1.29, 1.82) is 0 Å². The van der Waals surface area contributed by atoms with Gasteiger partial charge in [-0.3, -0.25) is 10.1 Å². The number of rotatable bonds is 7. The number of benzene rings is 1. The maximum Gasteiger partial charge on any atom is 0.257 e. The van der Waals surface area contributed by atoms with E-state index in [1.165, 1.54) is 39.9 Å². The van der Waals surface area contributed by atoms with Crippen molar-refractivity contribution < 1.29 is 17.9 Å². The van der Waals surface area contributed by atoms with Gasteiger partial charge in [-0.15, -0.1) is 10.2 Å². The molecule has 0 bridgehead atoms. The first-order valence-electron chi connectivity index (χ1n) is 8.82. The van der Waals surface area contributed by atoms with E-state index in [4.69, 9.17) is 4.74 Å². The van der Waals surface area contributed by atoms with Crippen molar-refractivity contribution in [2.24, 2.45) is 5.92 Å². The van der Waals surface area contributed by atoms with Crippen LogP contribution in [0.25, 0.3) is 0 Å². The number of thioether (sulfide) groups is 1. The summed E-state index contributed by atoms with van der Waals surface area (Å²) in [6.07, 6.45) is 0. The standard InChI is InChI=1S/C17H22N4O4S3/c1-12(2)11-26-17-20-19-16(27-17)18-15(22)13-3-5-14(6-4-13)28(23,24)21-7-9-25-10-8-21/h3-6,12H,7-11H2,1-2H3,(H,18,19,22). The van der Waals surface area contributed by atoms with Gasteiger partial charge in [0.15, 0.2) is 4.34 Å². The lowest BCUT2D eigenvalue weighted by Gasteiger charge is -2.26. The van der Waals surface area contributed by atoms with Crippen molar-refractivity contribution in [2.45, 2.75) is 23.1 Å². The van der Waals surface area contributed by atoms with Gasteiger partial charge in [-0.05, 0) is 30.2 Å². The first-order chi connectivity index (χ1) is 13.4. The predicted molar refractivity (Wildman–Crippen MR) is 109 cm³/mol. The van der Waals surface area contributed by atoms with Crippen LogP contribution in [0.4, 0.5) is 5.13 Å². The minimum absolute atomic E-state index is 0.161. The van der Waals surface area contributed by atoms with E-state index in [9.17, 15) is 13.2 Å². The first-order valence-corrected chi connectivity index (χ1v) is 12.1. The highest BCUT2D eigenvalue weighted by atomic mass is 32.2. The Bertz CT molecular complexity index is 907. The summed E-state index contributed by atoms with van der Waals surface area (Å²) >= 11 is 2.92. The van der Waals surface area contributed by atoms with Crippen molar-refractivity contribution in [3.63, 3.8) is 0 Å². The molecule has 1 aromatic carbocycles. The number of amides is 1. The fourth-order valence-electron chi connectivity index (χ4n) is 2.44. The van der Waals surface area contributed by atoms with Crippen molar-refractivity contribution in [1.82, 2.24) is 14.5 Å². The van der Waals surface area contributed by atoms with Crippen molar-refractivity contribution in [3.8, 4) is 0 Å². The lowest BCUT2D eigenvalue weighted by molar-refractivity contribution is 0.0730. The van der Waals surface area contributed by atoms with Gasteiger partial charge < -0.3 is 4.74 Å². The smallest absolute Gasteiger partial charge is 0.257 e. The fraction of sp³-hybridized carbons (Fsp3) is 0.471. The van der Waals surface area contributed by atoms with E-state index in [1.807, 2.05) is 0 Å². The summed E-state index contributed by atoms with van der Waals surface area (Å²) in [4.78, 5) is 12.6. The third-order valence-corrected chi connectivity index (χ3v) is 8.20. The molecular weight excluding hydrogens is 420 g/mol. The summed E-state index contributed by atoms with van der Waals surface area (Å²) in [7, 11) is -3.57. The van der Waals surface area contributed by atoms with Gasteiger partial charge >= 0.3 is 0 Å². The van der Waals surface area contributed by atoms with Crippen LogP contribution < -0.4 is 5.32 Å². The largest absolute Gasteiger partial charge is 0.379 e.